The van der Waals surface area contributed by atoms with E-state index in [0.717, 1.165) is 17.3 Å². The van der Waals surface area contributed by atoms with Crippen LogP contribution in [0.4, 0.5) is 19.0 Å². The number of fused-ring (bicyclic) bond motifs is 2. The smallest absolute Gasteiger partial charge is 0.418 e. The van der Waals surface area contributed by atoms with Crippen molar-refractivity contribution in [2.75, 3.05) is 19.4 Å². The van der Waals surface area contributed by atoms with Gasteiger partial charge in [0.15, 0.2) is 11.6 Å². The Kier molecular flexibility index (Phi) is 6.36. The maximum atomic E-state index is 14.0. The number of nitrogens with one attached hydrogen (secondary N) is 2. The Bertz CT molecular complexity index is 1720. The molecule has 0 bridgehead atoms. The molecule has 0 aliphatic rings. The fourth-order valence-corrected chi connectivity index (χ4v) is 4.54. The van der Waals surface area contributed by atoms with Crippen LogP contribution in [0.1, 0.15) is 34.2 Å². The summed E-state index contributed by atoms with van der Waals surface area (Å²) in [4.78, 5) is 24.0. The van der Waals surface area contributed by atoms with Gasteiger partial charge >= 0.3 is 6.18 Å². The predicted molar refractivity (Wildman–Crippen MR) is 139 cm³/mol. The Hall–Kier alpha value is -4.68. The van der Waals surface area contributed by atoms with Crippen LogP contribution in [0.3, 0.4) is 0 Å². The number of phenolic OH excluding ortho intramolecular Hbond substituents is 1. The number of hydrogen-bond donors (Lipinski definition) is 3. The fourth-order valence-electron chi connectivity index (χ4n) is 4.54. The van der Waals surface area contributed by atoms with Gasteiger partial charge in [-0.1, -0.05) is 0 Å². The highest BCUT2D eigenvalue weighted by atomic mass is 19.4. The molecule has 5 aromatic rings. The van der Waals surface area contributed by atoms with Gasteiger partial charge in [-0.3, -0.25) is 14.6 Å². The third-order valence-corrected chi connectivity index (χ3v) is 6.61. The third kappa shape index (κ3) is 4.60. The molecule has 0 spiro atoms. The molecule has 0 saturated carbocycles. The summed E-state index contributed by atoms with van der Waals surface area (Å²) in [6, 6.07) is 6.66. The monoisotopic (exact) mass is 538 g/mol. The number of phenols is 1. The number of nitrogens with zero attached hydrogens (tertiary/aromatic N) is 6. The lowest BCUT2D eigenvalue weighted by molar-refractivity contribution is -0.136. The van der Waals surface area contributed by atoms with Crippen LogP contribution in [0.15, 0.2) is 36.5 Å². The molecule has 5 rings (SSSR count). The highest BCUT2D eigenvalue weighted by Gasteiger charge is 2.35. The predicted octanol–water partition coefficient (Wildman–Crippen LogP) is 4.74. The average molecular weight is 539 g/mol. The first kappa shape index (κ1) is 25.9. The Morgan fingerprint density at radius 1 is 1.18 bits per heavy atom. The van der Waals surface area contributed by atoms with E-state index in [9.17, 15) is 23.1 Å². The Labute approximate surface area is 220 Å². The van der Waals surface area contributed by atoms with Gasteiger partial charge in [0, 0.05) is 54.8 Å². The quantitative estimate of drug-likeness (QED) is 0.285. The molecular weight excluding hydrogens is 513 g/mol. The van der Waals surface area contributed by atoms with E-state index >= 15 is 0 Å². The van der Waals surface area contributed by atoms with Crippen molar-refractivity contribution < 1.29 is 23.1 Å². The van der Waals surface area contributed by atoms with Crippen molar-refractivity contribution in [1.29, 1.82) is 0 Å². The summed E-state index contributed by atoms with van der Waals surface area (Å²) in [6.07, 6.45) is -3.00. The number of aryl methyl sites for hydroxylation is 1. The van der Waals surface area contributed by atoms with Gasteiger partial charge < -0.3 is 15.3 Å². The third-order valence-electron chi connectivity index (χ3n) is 6.61. The minimum absolute atomic E-state index is 0.0522. The summed E-state index contributed by atoms with van der Waals surface area (Å²) in [5, 5.41) is 24.0. The largest absolute Gasteiger partial charge is 0.508 e. The second kappa shape index (κ2) is 9.57. The van der Waals surface area contributed by atoms with E-state index in [0.29, 0.717) is 12.1 Å². The lowest BCUT2D eigenvalue weighted by Gasteiger charge is -2.18. The van der Waals surface area contributed by atoms with E-state index in [2.05, 4.69) is 30.6 Å². The van der Waals surface area contributed by atoms with Crippen molar-refractivity contribution in [1.82, 2.24) is 34.8 Å². The molecule has 3 aromatic heterocycles. The molecule has 0 unspecified atom stereocenters. The number of rotatable bonds is 6. The number of hydrogen-bond acceptors (Lipinski definition) is 7. The van der Waals surface area contributed by atoms with E-state index in [-0.39, 0.29) is 51.5 Å². The standard InChI is InChI=1S/C26H25F3N8O2/c1-5-37-13(2)15(11-31-37)12-36(4)25(39)22-17-10-16(38)6-7-20(17)32-23(33-22)14-8-18-21(34-35-24(18)30-3)19(9-14)26(27,28)29/h6-11,38H,5,12H2,1-4H3,(H2,30,34,35). The van der Waals surface area contributed by atoms with E-state index in [1.807, 2.05) is 18.5 Å². The van der Waals surface area contributed by atoms with Crippen LogP contribution in [0.25, 0.3) is 33.2 Å². The molecule has 0 fully saturated rings. The zero-order valence-electron chi connectivity index (χ0n) is 21.6. The highest BCUT2D eigenvalue weighted by molar-refractivity contribution is 6.05. The summed E-state index contributed by atoms with van der Waals surface area (Å²) in [5.74, 6) is -0.444. The minimum Gasteiger partial charge on any atom is -0.508 e. The highest BCUT2D eigenvalue weighted by Crippen LogP contribution is 2.39. The number of aromatic hydroxyl groups is 1. The van der Waals surface area contributed by atoms with Crippen LogP contribution in [-0.4, -0.2) is 60.0 Å². The number of carbonyl (C=O) groups excluding carboxylic acids is 1. The van der Waals surface area contributed by atoms with Crippen molar-refractivity contribution in [3.63, 3.8) is 0 Å². The summed E-state index contributed by atoms with van der Waals surface area (Å²) in [5.41, 5.74) is 0.930. The molecule has 13 heteroatoms. The molecule has 10 nitrogen and oxygen atoms in total. The number of aromatic nitrogens is 6. The van der Waals surface area contributed by atoms with Gasteiger partial charge in [-0.15, -0.1) is 0 Å². The van der Waals surface area contributed by atoms with Gasteiger partial charge in [0.05, 0.1) is 22.8 Å². The topological polar surface area (TPSA) is 125 Å². The normalized spacial score (nSPS) is 11.9. The number of carbonyl (C=O) groups is 1. The van der Waals surface area contributed by atoms with E-state index in [4.69, 9.17) is 0 Å². The van der Waals surface area contributed by atoms with Crippen LogP contribution in [0, 0.1) is 6.92 Å². The summed E-state index contributed by atoms with van der Waals surface area (Å²) in [6.45, 7) is 4.78. The number of H-pyrrole nitrogens is 1. The lowest BCUT2D eigenvalue weighted by atomic mass is 10.0. The van der Waals surface area contributed by atoms with Crippen LogP contribution >= 0.6 is 0 Å². The molecule has 3 heterocycles. The molecule has 1 amide bonds. The summed E-state index contributed by atoms with van der Waals surface area (Å²) < 4.78 is 43.8. The number of halogens is 3. The van der Waals surface area contributed by atoms with Crippen molar-refractivity contribution in [2.45, 2.75) is 33.1 Å². The maximum Gasteiger partial charge on any atom is 0.418 e. The van der Waals surface area contributed by atoms with Gasteiger partial charge in [-0.25, -0.2) is 9.97 Å². The number of anilines is 1. The maximum absolute atomic E-state index is 14.0. The molecule has 0 aliphatic heterocycles. The van der Waals surface area contributed by atoms with E-state index in [1.165, 1.54) is 29.2 Å². The Morgan fingerprint density at radius 2 is 1.95 bits per heavy atom. The van der Waals surface area contributed by atoms with Gasteiger partial charge in [0.25, 0.3) is 5.91 Å². The molecule has 39 heavy (non-hydrogen) atoms. The first-order valence-electron chi connectivity index (χ1n) is 12.1. The van der Waals surface area contributed by atoms with Crippen LogP contribution in [0.5, 0.6) is 5.75 Å². The Balaban J connectivity index is 1.66. The van der Waals surface area contributed by atoms with Gasteiger partial charge in [-0.2, -0.15) is 23.4 Å². The van der Waals surface area contributed by atoms with Crippen molar-refractivity contribution in [2.24, 2.45) is 0 Å². The molecule has 3 N–H and O–H groups in total. The van der Waals surface area contributed by atoms with E-state index in [1.54, 1.807) is 20.3 Å². The van der Waals surface area contributed by atoms with Gasteiger partial charge in [-0.05, 0) is 44.2 Å². The van der Waals surface area contributed by atoms with Gasteiger partial charge in [0.1, 0.15) is 11.4 Å². The molecule has 0 radical (unpaired) electrons. The number of amides is 1. The first-order chi connectivity index (χ1) is 18.5. The summed E-state index contributed by atoms with van der Waals surface area (Å²) >= 11 is 0. The van der Waals surface area contributed by atoms with Gasteiger partial charge in [0.2, 0.25) is 0 Å². The molecule has 0 aliphatic carbocycles. The van der Waals surface area contributed by atoms with E-state index < -0.39 is 17.6 Å². The number of aromatic amines is 1. The molecular formula is C26H25F3N8O2. The minimum atomic E-state index is -4.69. The Morgan fingerprint density at radius 3 is 2.62 bits per heavy atom. The second-order valence-electron chi connectivity index (χ2n) is 9.10. The van der Waals surface area contributed by atoms with Crippen LogP contribution in [-0.2, 0) is 19.3 Å². The molecule has 0 atom stereocenters. The average Bonchev–Trinajstić information content (AvgIpc) is 3.48. The zero-order chi connectivity index (χ0) is 28.1. The SMILES string of the molecule is CCn1ncc(CN(C)C(=O)c2nc(-c3cc(C(F)(F)F)c4[nH]nc(NC)c4c3)nc3ccc(O)cc23)c1C. The van der Waals surface area contributed by atoms with Crippen molar-refractivity contribution in [3.8, 4) is 17.1 Å². The molecule has 202 valence electrons. The fraction of sp³-hybridized carbons (Fsp3) is 0.269. The number of alkyl halides is 3. The van der Waals surface area contributed by atoms with Crippen molar-refractivity contribution >= 4 is 33.5 Å². The summed E-state index contributed by atoms with van der Waals surface area (Å²) in [7, 11) is 3.15. The molecule has 2 aromatic carbocycles. The second-order valence-corrected chi connectivity index (χ2v) is 9.10. The number of benzene rings is 2. The van der Waals surface area contributed by atoms with Crippen LogP contribution < -0.4 is 5.32 Å². The lowest BCUT2D eigenvalue weighted by Crippen LogP contribution is -2.27. The molecule has 0 saturated heterocycles. The van der Waals surface area contributed by atoms with Crippen molar-refractivity contribution in [3.05, 3.63) is 59.0 Å². The van der Waals surface area contributed by atoms with Crippen LogP contribution in [0.2, 0.25) is 0 Å². The first-order valence-corrected chi connectivity index (χ1v) is 12.1. The zero-order valence-corrected chi connectivity index (χ0v) is 21.6.